The monoisotopic (exact) mass is 238 g/mol. The molecule has 17 heavy (non-hydrogen) atoms. The van der Waals surface area contributed by atoms with Gasteiger partial charge in [0.05, 0.1) is 0 Å². The summed E-state index contributed by atoms with van der Waals surface area (Å²) in [6, 6.07) is 6.64. The highest BCUT2D eigenvalue weighted by Gasteiger charge is 2.31. The molecule has 0 aliphatic carbocycles. The largest absolute Gasteiger partial charge is 0.329 e. The lowest BCUT2D eigenvalue weighted by Gasteiger charge is -2.41. The second-order valence-corrected chi connectivity index (χ2v) is 5.20. The average molecular weight is 238 g/mol. The van der Waals surface area contributed by atoms with Gasteiger partial charge >= 0.3 is 0 Å². The van der Waals surface area contributed by atoms with Crippen LogP contribution in [-0.4, -0.2) is 24.0 Å². The number of rotatable bonds is 5. The van der Waals surface area contributed by atoms with Crippen molar-refractivity contribution >= 4 is 0 Å². The quantitative estimate of drug-likeness (QED) is 0.854. The molecule has 0 fully saturated rings. The van der Waals surface area contributed by atoms with Gasteiger partial charge in [-0.25, -0.2) is 4.39 Å². The minimum atomic E-state index is -0.193. The van der Waals surface area contributed by atoms with Gasteiger partial charge in [0.2, 0.25) is 0 Å². The molecule has 96 valence electrons. The molecule has 0 amide bonds. The molecule has 1 unspecified atom stereocenters. The summed E-state index contributed by atoms with van der Waals surface area (Å²) in [5.74, 6) is 0.278. The van der Waals surface area contributed by atoms with E-state index in [9.17, 15) is 4.39 Å². The predicted molar refractivity (Wildman–Crippen MR) is 70.2 cm³/mol. The number of nitrogens with zero attached hydrogens (tertiary/aromatic N) is 1. The Morgan fingerprint density at radius 1 is 1.29 bits per heavy atom. The fourth-order valence-electron chi connectivity index (χ4n) is 1.88. The van der Waals surface area contributed by atoms with Crippen LogP contribution in [0.15, 0.2) is 24.3 Å². The van der Waals surface area contributed by atoms with Crippen molar-refractivity contribution in [1.29, 1.82) is 0 Å². The maximum absolute atomic E-state index is 12.8. The van der Waals surface area contributed by atoms with Gasteiger partial charge in [0, 0.05) is 18.6 Å². The number of hydrogen-bond acceptors (Lipinski definition) is 2. The molecule has 0 aliphatic rings. The van der Waals surface area contributed by atoms with E-state index >= 15 is 0 Å². The zero-order chi connectivity index (χ0) is 13.1. The molecule has 0 bridgehead atoms. The summed E-state index contributed by atoms with van der Waals surface area (Å²) in [5.41, 5.74) is 6.96. The van der Waals surface area contributed by atoms with Crippen LogP contribution in [0.5, 0.6) is 0 Å². The van der Waals surface area contributed by atoms with E-state index in [4.69, 9.17) is 5.73 Å². The lowest BCUT2D eigenvalue weighted by atomic mass is 9.86. The highest BCUT2D eigenvalue weighted by Crippen LogP contribution is 2.23. The maximum Gasteiger partial charge on any atom is 0.123 e. The van der Waals surface area contributed by atoms with E-state index in [-0.39, 0.29) is 11.4 Å². The van der Waals surface area contributed by atoms with Crippen molar-refractivity contribution in [3.05, 3.63) is 35.6 Å². The van der Waals surface area contributed by atoms with E-state index in [0.717, 1.165) is 12.1 Å². The lowest BCUT2D eigenvalue weighted by molar-refractivity contribution is 0.0877. The minimum absolute atomic E-state index is 0.0333. The van der Waals surface area contributed by atoms with Gasteiger partial charge < -0.3 is 5.73 Å². The highest BCUT2D eigenvalue weighted by molar-refractivity contribution is 5.16. The van der Waals surface area contributed by atoms with Gasteiger partial charge in [-0.1, -0.05) is 26.0 Å². The number of halogens is 1. The van der Waals surface area contributed by atoms with Crippen LogP contribution >= 0.6 is 0 Å². The average Bonchev–Trinajstić information content (AvgIpc) is 2.30. The number of nitrogens with two attached hydrogens (primary N) is 1. The van der Waals surface area contributed by atoms with Crippen LogP contribution in [-0.2, 0) is 6.54 Å². The molecule has 0 saturated carbocycles. The third-order valence-corrected chi connectivity index (χ3v) is 3.86. The molecular weight excluding hydrogens is 215 g/mol. The van der Waals surface area contributed by atoms with Crippen molar-refractivity contribution in [3.8, 4) is 0 Å². The second kappa shape index (κ2) is 5.61. The van der Waals surface area contributed by atoms with Gasteiger partial charge in [-0.3, -0.25) is 4.90 Å². The van der Waals surface area contributed by atoms with Crippen molar-refractivity contribution in [2.75, 3.05) is 13.6 Å². The predicted octanol–water partition coefficient (Wildman–Crippen LogP) is 2.63. The molecule has 0 radical (unpaired) electrons. The zero-order valence-electron chi connectivity index (χ0n) is 11.2. The summed E-state index contributed by atoms with van der Waals surface area (Å²) in [5, 5.41) is 0. The SMILES string of the molecule is CC(C)C(C)(CN)N(C)Cc1ccc(F)cc1. The van der Waals surface area contributed by atoms with Crippen molar-refractivity contribution in [3.63, 3.8) is 0 Å². The Labute approximate surface area is 104 Å². The molecule has 3 heteroatoms. The molecular formula is C14H23FN2. The third kappa shape index (κ3) is 3.27. The second-order valence-electron chi connectivity index (χ2n) is 5.20. The minimum Gasteiger partial charge on any atom is -0.329 e. The van der Waals surface area contributed by atoms with Crippen LogP contribution < -0.4 is 5.73 Å². The van der Waals surface area contributed by atoms with Gasteiger partial charge in [0.1, 0.15) is 5.82 Å². The van der Waals surface area contributed by atoms with E-state index in [1.54, 1.807) is 0 Å². The van der Waals surface area contributed by atoms with Gasteiger partial charge in [0.15, 0.2) is 0 Å². The zero-order valence-corrected chi connectivity index (χ0v) is 11.2. The summed E-state index contributed by atoms with van der Waals surface area (Å²) >= 11 is 0. The number of hydrogen-bond donors (Lipinski definition) is 1. The van der Waals surface area contributed by atoms with Crippen LogP contribution in [0.1, 0.15) is 26.3 Å². The first-order valence-corrected chi connectivity index (χ1v) is 6.06. The summed E-state index contributed by atoms with van der Waals surface area (Å²) < 4.78 is 12.8. The molecule has 0 spiro atoms. The van der Waals surface area contributed by atoms with Crippen molar-refractivity contribution < 1.29 is 4.39 Å². The Bertz CT molecular complexity index is 348. The number of likely N-dealkylation sites (N-methyl/N-ethyl adjacent to an activating group) is 1. The van der Waals surface area contributed by atoms with Crippen LogP contribution in [0.25, 0.3) is 0 Å². The molecule has 1 rings (SSSR count). The summed E-state index contributed by atoms with van der Waals surface area (Å²) in [4.78, 5) is 2.24. The Hall–Kier alpha value is -0.930. The first-order valence-electron chi connectivity index (χ1n) is 6.06. The maximum atomic E-state index is 12.8. The van der Waals surface area contributed by atoms with Crippen LogP contribution in [0, 0.1) is 11.7 Å². The molecule has 2 nitrogen and oxygen atoms in total. The van der Waals surface area contributed by atoms with Gasteiger partial charge in [-0.15, -0.1) is 0 Å². The molecule has 1 atom stereocenters. The fourth-order valence-corrected chi connectivity index (χ4v) is 1.88. The van der Waals surface area contributed by atoms with Gasteiger partial charge in [-0.2, -0.15) is 0 Å². The van der Waals surface area contributed by atoms with Crippen molar-refractivity contribution in [2.45, 2.75) is 32.9 Å². The molecule has 0 aliphatic heterocycles. The van der Waals surface area contributed by atoms with Crippen molar-refractivity contribution in [2.24, 2.45) is 11.7 Å². The van der Waals surface area contributed by atoms with Crippen LogP contribution in [0.2, 0.25) is 0 Å². The van der Waals surface area contributed by atoms with Gasteiger partial charge in [-0.05, 0) is 37.6 Å². The molecule has 0 aromatic heterocycles. The normalized spacial score (nSPS) is 15.3. The van der Waals surface area contributed by atoms with Crippen LogP contribution in [0.4, 0.5) is 4.39 Å². The van der Waals surface area contributed by atoms with Crippen molar-refractivity contribution in [1.82, 2.24) is 4.90 Å². The van der Waals surface area contributed by atoms with E-state index < -0.39 is 0 Å². The highest BCUT2D eigenvalue weighted by atomic mass is 19.1. The Morgan fingerprint density at radius 2 is 1.82 bits per heavy atom. The van der Waals surface area contributed by atoms with Crippen LogP contribution in [0.3, 0.4) is 0 Å². The molecule has 0 heterocycles. The smallest absolute Gasteiger partial charge is 0.123 e. The molecule has 2 N–H and O–H groups in total. The standard InChI is InChI=1S/C14H23FN2/c1-11(2)14(3,10-16)17(4)9-12-5-7-13(15)8-6-12/h5-8,11H,9-10,16H2,1-4H3. The molecule has 1 aromatic rings. The summed E-state index contributed by atoms with van der Waals surface area (Å²) in [6.45, 7) is 7.91. The Balaban J connectivity index is 2.77. The Kier molecular flexibility index (Phi) is 4.66. The lowest BCUT2D eigenvalue weighted by Crippen LogP contribution is -2.53. The summed E-state index contributed by atoms with van der Waals surface area (Å²) in [6.07, 6.45) is 0. The first-order chi connectivity index (χ1) is 7.90. The van der Waals surface area contributed by atoms with E-state index in [1.165, 1.54) is 12.1 Å². The van der Waals surface area contributed by atoms with E-state index in [0.29, 0.717) is 12.5 Å². The molecule has 0 saturated heterocycles. The Morgan fingerprint density at radius 3 is 2.24 bits per heavy atom. The summed E-state index contributed by atoms with van der Waals surface area (Å²) in [7, 11) is 2.07. The number of benzene rings is 1. The first kappa shape index (κ1) is 14.1. The van der Waals surface area contributed by atoms with E-state index in [1.807, 2.05) is 12.1 Å². The van der Waals surface area contributed by atoms with E-state index in [2.05, 4.69) is 32.7 Å². The third-order valence-electron chi connectivity index (χ3n) is 3.86. The van der Waals surface area contributed by atoms with Gasteiger partial charge in [0.25, 0.3) is 0 Å². The fraction of sp³-hybridized carbons (Fsp3) is 0.571. The topological polar surface area (TPSA) is 29.3 Å². The molecule has 1 aromatic carbocycles.